The van der Waals surface area contributed by atoms with Crippen LogP contribution in [0.4, 0.5) is 28.9 Å². The number of fused-ring (bicyclic) bond motifs is 1. The van der Waals surface area contributed by atoms with E-state index in [0.29, 0.717) is 6.20 Å². The highest BCUT2D eigenvalue weighted by Gasteiger charge is 2.40. The van der Waals surface area contributed by atoms with Gasteiger partial charge in [-0.2, -0.15) is 28.6 Å². The minimum absolute atomic E-state index is 0.0511. The molecule has 36 heavy (non-hydrogen) atoms. The predicted octanol–water partition coefficient (Wildman–Crippen LogP) is 3.94. The maximum Gasteiger partial charge on any atom is 0.434 e. The van der Waals surface area contributed by atoms with Crippen molar-refractivity contribution >= 4 is 33.8 Å². The van der Waals surface area contributed by atoms with Crippen LogP contribution in [0.25, 0.3) is 16.6 Å². The van der Waals surface area contributed by atoms with E-state index in [1.165, 1.54) is 48.8 Å². The first-order valence-electron chi connectivity index (χ1n) is 10.1. The van der Waals surface area contributed by atoms with Gasteiger partial charge in [0, 0.05) is 17.0 Å². The lowest BCUT2D eigenvalue weighted by Crippen LogP contribution is -2.32. The van der Waals surface area contributed by atoms with Gasteiger partial charge in [0.25, 0.3) is 5.91 Å². The third-order valence-corrected chi connectivity index (χ3v) is 4.87. The second-order valence-corrected chi connectivity index (χ2v) is 7.13. The van der Waals surface area contributed by atoms with Crippen LogP contribution < -0.4 is 11.1 Å². The third kappa shape index (κ3) is 4.73. The summed E-state index contributed by atoms with van der Waals surface area (Å²) in [5.74, 6) is -1.84. The van der Waals surface area contributed by atoms with E-state index in [1.54, 1.807) is 0 Å². The van der Waals surface area contributed by atoms with Crippen LogP contribution in [0.5, 0.6) is 0 Å². The van der Waals surface area contributed by atoms with Crippen molar-refractivity contribution < 1.29 is 22.4 Å². The Kier molecular flexibility index (Phi) is 6.42. The van der Waals surface area contributed by atoms with Crippen LogP contribution in [0.15, 0.2) is 77.8 Å². The minimum atomic E-state index is -5.09. The van der Waals surface area contributed by atoms with Crippen LogP contribution in [0, 0.1) is 17.1 Å². The maximum atomic E-state index is 14.1. The van der Waals surface area contributed by atoms with E-state index >= 15 is 0 Å². The molecule has 0 aliphatic carbocycles. The number of amides is 1. The fraction of sp³-hybridized carbons (Fsp3) is 0.0435. The molecule has 4 rings (SSSR count). The van der Waals surface area contributed by atoms with Crippen molar-refractivity contribution in [3.8, 4) is 11.9 Å². The smallest absolute Gasteiger partial charge is 0.404 e. The number of nitrogens with one attached hydrogen (secondary N) is 1. The Bertz CT molecular complexity index is 1550. The number of rotatable bonds is 5. The Hall–Kier alpha value is -5.12. The predicted molar refractivity (Wildman–Crippen MR) is 122 cm³/mol. The number of halogens is 4. The Morgan fingerprint density at radius 2 is 1.83 bits per heavy atom. The summed E-state index contributed by atoms with van der Waals surface area (Å²) in [6.45, 7) is 0. The molecule has 0 unspecified atom stereocenters. The van der Waals surface area contributed by atoms with Gasteiger partial charge in [0.1, 0.15) is 17.4 Å². The molecule has 0 saturated heterocycles. The molecule has 180 valence electrons. The van der Waals surface area contributed by atoms with E-state index in [-0.39, 0.29) is 33.5 Å². The number of nitrogens with two attached hydrogens (primary N) is 1. The van der Waals surface area contributed by atoms with Crippen molar-refractivity contribution in [2.75, 3.05) is 5.32 Å². The van der Waals surface area contributed by atoms with Gasteiger partial charge in [-0.3, -0.25) is 4.79 Å². The average molecular weight is 494 g/mol. The molecule has 13 heteroatoms. The summed E-state index contributed by atoms with van der Waals surface area (Å²) < 4.78 is 56.1. The summed E-state index contributed by atoms with van der Waals surface area (Å²) in [4.78, 5) is 21.5. The summed E-state index contributed by atoms with van der Waals surface area (Å²) in [6.07, 6.45) is -0.792. The van der Waals surface area contributed by atoms with Crippen LogP contribution in [0.3, 0.4) is 0 Å². The van der Waals surface area contributed by atoms with Crippen molar-refractivity contribution in [2.45, 2.75) is 6.18 Å². The number of carbonyl (C=O) groups excluding carboxylic acids is 1. The highest BCUT2D eigenvalue weighted by molar-refractivity contribution is 6.27. The van der Waals surface area contributed by atoms with Crippen LogP contribution >= 0.6 is 0 Å². The van der Waals surface area contributed by atoms with E-state index in [4.69, 9.17) is 5.73 Å². The monoisotopic (exact) mass is 494 g/mol. The highest BCUT2D eigenvalue weighted by atomic mass is 19.4. The SMILES string of the molecule is N#Cc1cc(NC(=O)C(=CN)C(=Nc2cccc3c(F)cccc23)C(F)(F)F)cnc1-n1nccn1. The molecule has 3 N–H and O–H groups in total. The second kappa shape index (κ2) is 9.63. The molecule has 4 aromatic rings. The van der Waals surface area contributed by atoms with E-state index in [2.05, 4.69) is 25.5 Å². The van der Waals surface area contributed by atoms with E-state index in [1.807, 2.05) is 6.07 Å². The van der Waals surface area contributed by atoms with Crippen LogP contribution in [0.1, 0.15) is 5.56 Å². The summed E-state index contributed by atoms with van der Waals surface area (Å²) in [5.41, 5.74) is 2.48. The molecular formula is C23H14F4N8O. The van der Waals surface area contributed by atoms with Gasteiger partial charge in [0.15, 0.2) is 11.5 Å². The summed E-state index contributed by atoms with van der Waals surface area (Å²) in [5, 5.41) is 19.5. The Balaban J connectivity index is 1.71. The highest BCUT2D eigenvalue weighted by Crippen LogP contribution is 2.32. The minimum Gasteiger partial charge on any atom is -0.404 e. The molecule has 0 aliphatic rings. The van der Waals surface area contributed by atoms with E-state index in [0.717, 1.165) is 17.1 Å². The molecule has 1 amide bonds. The fourth-order valence-corrected chi connectivity index (χ4v) is 3.30. The van der Waals surface area contributed by atoms with Gasteiger partial charge in [-0.05, 0) is 18.2 Å². The zero-order valence-electron chi connectivity index (χ0n) is 18.0. The maximum absolute atomic E-state index is 14.1. The molecule has 0 bridgehead atoms. The Labute approximate surface area is 200 Å². The lowest BCUT2D eigenvalue weighted by molar-refractivity contribution is -0.113. The number of hydrogen-bond acceptors (Lipinski definition) is 7. The van der Waals surface area contributed by atoms with Gasteiger partial charge in [-0.1, -0.05) is 24.3 Å². The van der Waals surface area contributed by atoms with Gasteiger partial charge in [-0.15, -0.1) is 4.80 Å². The number of anilines is 1. The van der Waals surface area contributed by atoms with Gasteiger partial charge >= 0.3 is 6.18 Å². The van der Waals surface area contributed by atoms with Gasteiger partial charge in [0.2, 0.25) is 0 Å². The van der Waals surface area contributed by atoms with Gasteiger partial charge in [-0.25, -0.2) is 14.4 Å². The molecule has 0 fully saturated rings. The zero-order chi connectivity index (χ0) is 25.9. The number of carbonyl (C=O) groups is 1. The first kappa shape index (κ1) is 24.0. The Morgan fingerprint density at radius 1 is 1.14 bits per heavy atom. The third-order valence-electron chi connectivity index (χ3n) is 4.87. The number of alkyl halides is 3. The molecule has 2 aromatic heterocycles. The van der Waals surface area contributed by atoms with Crippen LogP contribution in [-0.2, 0) is 4.79 Å². The molecule has 0 aliphatic heterocycles. The van der Waals surface area contributed by atoms with Gasteiger partial charge in [0.05, 0.1) is 35.5 Å². The molecular weight excluding hydrogens is 480 g/mol. The van der Waals surface area contributed by atoms with Crippen molar-refractivity contribution in [2.24, 2.45) is 10.7 Å². The molecule has 0 atom stereocenters. The lowest BCUT2D eigenvalue weighted by atomic mass is 10.1. The van der Waals surface area contributed by atoms with Crippen molar-refractivity contribution in [3.63, 3.8) is 0 Å². The lowest BCUT2D eigenvalue weighted by Gasteiger charge is -2.15. The number of hydrogen-bond donors (Lipinski definition) is 2. The number of aliphatic imine (C=N–C) groups is 1. The van der Waals surface area contributed by atoms with Gasteiger partial charge < -0.3 is 11.1 Å². The molecule has 0 radical (unpaired) electrons. The molecule has 2 heterocycles. The Morgan fingerprint density at radius 3 is 2.50 bits per heavy atom. The molecule has 0 saturated carbocycles. The number of nitrogens with zero attached hydrogens (tertiary/aromatic N) is 6. The summed E-state index contributed by atoms with van der Waals surface area (Å²) in [6, 6.07) is 10.9. The summed E-state index contributed by atoms with van der Waals surface area (Å²) >= 11 is 0. The average Bonchev–Trinajstić information content (AvgIpc) is 3.38. The molecule has 2 aromatic carbocycles. The van der Waals surface area contributed by atoms with E-state index in [9.17, 15) is 27.6 Å². The fourth-order valence-electron chi connectivity index (χ4n) is 3.30. The van der Waals surface area contributed by atoms with Crippen molar-refractivity contribution in [1.82, 2.24) is 20.0 Å². The number of benzene rings is 2. The standard InChI is InChI=1S/C23H14F4N8O/c24-18-5-1-4-16-15(18)3-2-6-19(16)34-20(23(25,26)27)17(11-29)22(36)33-14-9-13(10-28)21(30-12-14)35-31-7-8-32-35/h1-9,11-12H,29H2,(H,33,36). The van der Waals surface area contributed by atoms with Crippen molar-refractivity contribution in [1.29, 1.82) is 5.26 Å². The van der Waals surface area contributed by atoms with Crippen LogP contribution in [0.2, 0.25) is 0 Å². The molecule has 9 nitrogen and oxygen atoms in total. The zero-order valence-corrected chi connectivity index (χ0v) is 18.0. The first-order chi connectivity index (χ1) is 17.2. The van der Waals surface area contributed by atoms with Crippen molar-refractivity contribution in [3.05, 3.63) is 84.2 Å². The number of pyridine rings is 1. The van der Waals surface area contributed by atoms with E-state index < -0.39 is 29.2 Å². The first-order valence-corrected chi connectivity index (χ1v) is 10.1. The van der Waals surface area contributed by atoms with Crippen LogP contribution in [-0.4, -0.2) is 37.8 Å². The number of nitriles is 1. The topological polar surface area (TPSA) is 135 Å². The summed E-state index contributed by atoms with van der Waals surface area (Å²) in [7, 11) is 0. The second-order valence-electron chi connectivity index (χ2n) is 7.13. The normalized spacial score (nSPS) is 12.4. The number of aromatic nitrogens is 4. The quantitative estimate of drug-likeness (QED) is 0.245. The largest absolute Gasteiger partial charge is 0.434 e. The molecule has 0 spiro atoms.